The van der Waals surface area contributed by atoms with Crippen LogP contribution in [0.5, 0.6) is 0 Å². The highest BCUT2D eigenvalue weighted by molar-refractivity contribution is 5.94. The third-order valence-corrected chi connectivity index (χ3v) is 3.22. The van der Waals surface area contributed by atoms with Crippen LogP contribution in [-0.4, -0.2) is 10.5 Å². The summed E-state index contributed by atoms with van der Waals surface area (Å²) in [6.07, 6.45) is 0. The van der Waals surface area contributed by atoms with Crippen molar-refractivity contribution in [3.05, 3.63) is 58.9 Å². The van der Waals surface area contributed by atoms with E-state index in [9.17, 15) is 4.79 Å². The topological polar surface area (TPSA) is 34.0 Å². The molecule has 1 aromatic heterocycles. The zero-order valence-electron chi connectivity index (χ0n) is 11.0. The molecule has 0 bridgehead atoms. The van der Waals surface area contributed by atoms with Gasteiger partial charge in [-0.3, -0.25) is 4.79 Å². The van der Waals surface area contributed by atoms with E-state index < -0.39 is 0 Å². The summed E-state index contributed by atoms with van der Waals surface area (Å²) in [5.74, 6) is -0.0335. The highest BCUT2D eigenvalue weighted by Gasteiger charge is 2.06. The molecule has 0 saturated carbocycles. The van der Waals surface area contributed by atoms with Crippen molar-refractivity contribution in [1.29, 1.82) is 0 Å². The summed E-state index contributed by atoms with van der Waals surface area (Å²) in [6, 6.07) is 11.7. The van der Waals surface area contributed by atoms with Crippen LogP contribution in [-0.2, 0) is 13.6 Å². The van der Waals surface area contributed by atoms with Crippen LogP contribution in [0.15, 0.2) is 36.4 Å². The van der Waals surface area contributed by atoms with Gasteiger partial charge in [-0.1, -0.05) is 17.7 Å². The van der Waals surface area contributed by atoms with Crippen LogP contribution in [0.1, 0.15) is 27.3 Å². The number of nitrogens with one attached hydrogen (secondary N) is 1. The Hall–Kier alpha value is -2.03. The Kier molecular flexibility index (Phi) is 3.51. The van der Waals surface area contributed by atoms with Crippen LogP contribution in [0.25, 0.3) is 0 Å². The van der Waals surface area contributed by atoms with Gasteiger partial charge in [0.1, 0.15) is 0 Å². The molecule has 2 rings (SSSR count). The molecule has 0 aliphatic carbocycles. The highest BCUT2D eigenvalue weighted by atomic mass is 16.1. The van der Waals surface area contributed by atoms with E-state index in [0.717, 1.165) is 11.3 Å². The van der Waals surface area contributed by atoms with E-state index in [0.29, 0.717) is 12.1 Å². The third kappa shape index (κ3) is 2.62. The van der Waals surface area contributed by atoms with E-state index in [2.05, 4.69) is 9.88 Å². The standard InChI is InChI=1S/C15H18N2O/c1-11-4-7-13(8-5-11)15(18)16-10-14-9-6-12(2)17(14)3/h4-9H,10H2,1-3H3,(H,16,18). The summed E-state index contributed by atoms with van der Waals surface area (Å²) in [5, 5.41) is 2.93. The molecule has 0 radical (unpaired) electrons. The first kappa shape index (κ1) is 12.4. The SMILES string of the molecule is Cc1ccc(C(=O)NCc2ccc(C)n2C)cc1. The van der Waals surface area contributed by atoms with Crippen LogP contribution in [0.2, 0.25) is 0 Å². The minimum atomic E-state index is -0.0335. The third-order valence-electron chi connectivity index (χ3n) is 3.22. The molecule has 0 saturated heterocycles. The molecule has 0 fully saturated rings. The number of rotatable bonds is 3. The van der Waals surface area contributed by atoms with Crippen LogP contribution < -0.4 is 5.32 Å². The zero-order valence-corrected chi connectivity index (χ0v) is 11.0. The van der Waals surface area contributed by atoms with E-state index >= 15 is 0 Å². The molecule has 3 nitrogen and oxygen atoms in total. The molecule has 2 aromatic rings. The Labute approximate surface area is 107 Å². The van der Waals surface area contributed by atoms with Crippen LogP contribution >= 0.6 is 0 Å². The van der Waals surface area contributed by atoms with Gasteiger partial charge in [0.2, 0.25) is 0 Å². The summed E-state index contributed by atoms with van der Waals surface area (Å²) in [7, 11) is 2.00. The predicted octanol–water partition coefficient (Wildman–Crippen LogP) is 2.57. The minimum Gasteiger partial charge on any atom is -0.350 e. The van der Waals surface area contributed by atoms with Crippen molar-refractivity contribution >= 4 is 5.91 Å². The molecule has 94 valence electrons. The Balaban J connectivity index is 2.00. The summed E-state index contributed by atoms with van der Waals surface area (Å²) >= 11 is 0. The van der Waals surface area contributed by atoms with Gasteiger partial charge in [0.25, 0.3) is 5.91 Å². The van der Waals surface area contributed by atoms with Crippen molar-refractivity contribution in [3.63, 3.8) is 0 Å². The lowest BCUT2D eigenvalue weighted by Gasteiger charge is -2.07. The van der Waals surface area contributed by atoms with Crippen molar-refractivity contribution in [2.45, 2.75) is 20.4 Å². The molecule has 0 aliphatic heterocycles. The van der Waals surface area contributed by atoms with Gasteiger partial charge in [0.05, 0.1) is 6.54 Å². The Morgan fingerprint density at radius 1 is 1.11 bits per heavy atom. The smallest absolute Gasteiger partial charge is 0.251 e. The average Bonchev–Trinajstić information content (AvgIpc) is 2.68. The molecular weight excluding hydrogens is 224 g/mol. The number of aromatic nitrogens is 1. The average molecular weight is 242 g/mol. The van der Waals surface area contributed by atoms with Crippen molar-refractivity contribution in [2.75, 3.05) is 0 Å². The molecule has 1 aromatic carbocycles. The predicted molar refractivity (Wildman–Crippen MR) is 72.5 cm³/mol. The number of carbonyl (C=O) groups excluding carboxylic acids is 1. The highest BCUT2D eigenvalue weighted by Crippen LogP contribution is 2.07. The lowest BCUT2D eigenvalue weighted by molar-refractivity contribution is 0.0950. The fourth-order valence-corrected chi connectivity index (χ4v) is 1.82. The molecule has 0 atom stereocenters. The maximum absolute atomic E-state index is 11.9. The molecule has 0 spiro atoms. The van der Waals surface area contributed by atoms with Crippen molar-refractivity contribution in [2.24, 2.45) is 7.05 Å². The fraction of sp³-hybridized carbons (Fsp3) is 0.267. The van der Waals surface area contributed by atoms with Crippen molar-refractivity contribution < 1.29 is 4.79 Å². The Morgan fingerprint density at radius 2 is 1.78 bits per heavy atom. The normalized spacial score (nSPS) is 10.4. The van der Waals surface area contributed by atoms with E-state index in [1.54, 1.807) is 0 Å². The van der Waals surface area contributed by atoms with Gasteiger partial charge in [-0.15, -0.1) is 0 Å². The molecule has 0 aliphatic rings. The molecule has 18 heavy (non-hydrogen) atoms. The first-order valence-corrected chi connectivity index (χ1v) is 6.04. The van der Waals surface area contributed by atoms with E-state index in [1.165, 1.54) is 5.69 Å². The zero-order chi connectivity index (χ0) is 13.1. The summed E-state index contributed by atoms with van der Waals surface area (Å²) < 4.78 is 2.08. The molecule has 3 heteroatoms. The number of amides is 1. The first-order chi connectivity index (χ1) is 8.58. The van der Waals surface area contributed by atoms with Gasteiger partial charge in [-0.05, 0) is 38.1 Å². The lowest BCUT2D eigenvalue weighted by Crippen LogP contribution is -2.23. The number of nitrogens with zero attached hydrogens (tertiary/aromatic N) is 1. The van der Waals surface area contributed by atoms with Crippen LogP contribution in [0.3, 0.4) is 0 Å². The maximum atomic E-state index is 11.9. The van der Waals surface area contributed by atoms with Crippen LogP contribution in [0, 0.1) is 13.8 Å². The number of hydrogen-bond donors (Lipinski definition) is 1. The number of aryl methyl sites for hydroxylation is 2. The lowest BCUT2D eigenvalue weighted by atomic mass is 10.1. The van der Waals surface area contributed by atoms with Crippen molar-refractivity contribution in [1.82, 2.24) is 9.88 Å². The van der Waals surface area contributed by atoms with Crippen molar-refractivity contribution in [3.8, 4) is 0 Å². The van der Waals surface area contributed by atoms with Crippen LogP contribution in [0.4, 0.5) is 0 Å². The minimum absolute atomic E-state index is 0.0335. The largest absolute Gasteiger partial charge is 0.350 e. The summed E-state index contributed by atoms with van der Waals surface area (Å²) in [5.41, 5.74) is 4.15. The molecule has 1 amide bonds. The summed E-state index contributed by atoms with van der Waals surface area (Å²) in [4.78, 5) is 11.9. The number of carbonyl (C=O) groups is 1. The second-order valence-corrected chi connectivity index (χ2v) is 4.57. The van der Waals surface area contributed by atoms with E-state index in [4.69, 9.17) is 0 Å². The maximum Gasteiger partial charge on any atom is 0.251 e. The van der Waals surface area contributed by atoms with Gasteiger partial charge in [0, 0.05) is 24.0 Å². The second-order valence-electron chi connectivity index (χ2n) is 4.57. The Morgan fingerprint density at radius 3 is 2.33 bits per heavy atom. The molecule has 1 N–H and O–H groups in total. The molecule has 1 heterocycles. The molecular formula is C15H18N2O. The number of benzene rings is 1. The van der Waals surface area contributed by atoms with E-state index in [1.807, 2.05) is 57.3 Å². The number of hydrogen-bond acceptors (Lipinski definition) is 1. The Bertz CT molecular complexity index is 552. The fourth-order valence-electron chi connectivity index (χ4n) is 1.82. The van der Waals surface area contributed by atoms with Gasteiger partial charge in [-0.2, -0.15) is 0 Å². The molecule has 0 unspecified atom stereocenters. The summed E-state index contributed by atoms with van der Waals surface area (Å²) in [6.45, 7) is 4.61. The van der Waals surface area contributed by atoms with Gasteiger partial charge < -0.3 is 9.88 Å². The first-order valence-electron chi connectivity index (χ1n) is 6.04. The second kappa shape index (κ2) is 5.08. The quantitative estimate of drug-likeness (QED) is 0.882. The van der Waals surface area contributed by atoms with Gasteiger partial charge in [0.15, 0.2) is 0 Å². The van der Waals surface area contributed by atoms with Gasteiger partial charge in [-0.25, -0.2) is 0 Å². The monoisotopic (exact) mass is 242 g/mol. The van der Waals surface area contributed by atoms with Gasteiger partial charge >= 0.3 is 0 Å². The van der Waals surface area contributed by atoms with E-state index in [-0.39, 0.29) is 5.91 Å².